The summed E-state index contributed by atoms with van der Waals surface area (Å²) in [6.45, 7) is 1.62. The van der Waals surface area contributed by atoms with E-state index in [2.05, 4.69) is 10.0 Å². The molecule has 0 spiro atoms. The van der Waals surface area contributed by atoms with Crippen molar-refractivity contribution in [1.29, 1.82) is 0 Å². The Kier molecular flexibility index (Phi) is 5.23. The van der Waals surface area contributed by atoms with Crippen LogP contribution in [0.4, 0.5) is 15.8 Å². The van der Waals surface area contributed by atoms with Crippen molar-refractivity contribution in [3.05, 3.63) is 89.7 Å². The molecule has 0 radical (unpaired) electrons. The molecule has 0 atom stereocenters. The number of aryl methyl sites for hydroxylation is 1. The Hall–Kier alpha value is -3.19. The molecule has 3 rings (SSSR count). The Morgan fingerprint density at radius 2 is 1.59 bits per heavy atom. The number of hydrogen-bond donors (Lipinski definition) is 2. The highest BCUT2D eigenvalue weighted by atomic mass is 32.2. The molecule has 3 aromatic carbocycles. The molecule has 0 heterocycles. The van der Waals surface area contributed by atoms with Gasteiger partial charge in [-0.15, -0.1) is 0 Å². The lowest BCUT2D eigenvalue weighted by Gasteiger charge is -2.13. The van der Waals surface area contributed by atoms with Gasteiger partial charge in [-0.1, -0.05) is 36.4 Å². The fraction of sp³-hybridized carbons (Fsp3) is 0.0500. The van der Waals surface area contributed by atoms with E-state index in [1.165, 1.54) is 30.3 Å². The normalized spacial score (nSPS) is 11.0. The Bertz CT molecular complexity index is 1080. The zero-order chi connectivity index (χ0) is 19.4. The summed E-state index contributed by atoms with van der Waals surface area (Å²) in [4.78, 5) is 12.2. The lowest BCUT2D eigenvalue weighted by Crippen LogP contribution is -2.16. The summed E-state index contributed by atoms with van der Waals surface area (Å²) in [7, 11) is -4.03. The van der Waals surface area contributed by atoms with Gasteiger partial charge in [0.05, 0.1) is 10.6 Å². The van der Waals surface area contributed by atoms with E-state index in [1.807, 2.05) is 0 Å². The van der Waals surface area contributed by atoms with Crippen molar-refractivity contribution in [2.75, 3.05) is 10.0 Å². The average Bonchev–Trinajstić information content (AvgIpc) is 2.65. The zero-order valence-corrected chi connectivity index (χ0v) is 15.3. The predicted molar refractivity (Wildman–Crippen MR) is 103 cm³/mol. The van der Waals surface area contributed by atoms with Gasteiger partial charge in [0, 0.05) is 11.3 Å². The van der Waals surface area contributed by atoms with Crippen LogP contribution in [0.25, 0.3) is 0 Å². The van der Waals surface area contributed by atoms with Gasteiger partial charge in [-0.25, -0.2) is 12.8 Å². The average molecular weight is 384 g/mol. The highest BCUT2D eigenvalue weighted by molar-refractivity contribution is 7.92. The van der Waals surface area contributed by atoms with E-state index >= 15 is 0 Å². The van der Waals surface area contributed by atoms with E-state index in [0.717, 1.165) is 0 Å². The van der Waals surface area contributed by atoms with Gasteiger partial charge >= 0.3 is 0 Å². The molecule has 3 aromatic rings. The van der Waals surface area contributed by atoms with Crippen LogP contribution in [0.5, 0.6) is 0 Å². The summed E-state index contributed by atoms with van der Waals surface area (Å²) in [5.41, 5.74) is 1.10. The minimum absolute atomic E-state index is 0.0448. The Labute approximate surface area is 156 Å². The quantitative estimate of drug-likeness (QED) is 0.693. The van der Waals surface area contributed by atoms with Crippen LogP contribution in [0.15, 0.2) is 77.7 Å². The number of hydrogen-bond acceptors (Lipinski definition) is 3. The summed E-state index contributed by atoms with van der Waals surface area (Å²) in [5, 5.41) is 2.67. The molecule has 27 heavy (non-hydrogen) atoms. The summed E-state index contributed by atoms with van der Waals surface area (Å²) < 4.78 is 41.4. The number of rotatable bonds is 5. The standard InChI is InChI=1S/C20H17FN2O3S/c1-14-11-12-16(22-20(24)15-7-3-2-4-8-15)13-19(14)27(25,26)23-18-10-6-5-9-17(18)21/h2-13,23H,1H3,(H,22,24). The van der Waals surface area contributed by atoms with E-state index in [0.29, 0.717) is 16.8 Å². The van der Waals surface area contributed by atoms with Crippen molar-refractivity contribution >= 4 is 27.3 Å². The minimum atomic E-state index is -4.03. The first-order valence-electron chi connectivity index (χ1n) is 8.11. The second-order valence-electron chi connectivity index (χ2n) is 5.89. The third-order valence-electron chi connectivity index (χ3n) is 3.89. The lowest BCUT2D eigenvalue weighted by atomic mass is 10.2. The molecule has 0 aliphatic heterocycles. The fourth-order valence-corrected chi connectivity index (χ4v) is 3.84. The van der Waals surface area contributed by atoms with Crippen molar-refractivity contribution in [3.8, 4) is 0 Å². The number of benzene rings is 3. The molecule has 0 saturated carbocycles. The predicted octanol–water partition coefficient (Wildman–Crippen LogP) is 4.19. The number of carbonyl (C=O) groups excluding carboxylic acids is 1. The molecule has 2 N–H and O–H groups in total. The van der Waals surface area contributed by atoms with Crippen molar-refractivity contribution < 1.29 is 17.6 Å². The summed E-state index contributed by atoms with van der Waals surface area (Å²) in [6.07, 6.45) is 0. The molecule has 7 heteroatoms. The summed E-state index contributed by atoms with van der Waals surface area (Å²) >= 11 is 0. The number of nitrogens with one attached hydrogen (secondary N) is 2. The maximum absolute atomic E-state index is 13.8. The number of para-hydroxylation sites is 1. The van der Waals surface area contributed by atoms with E-state index in [1.54, 1.807) is 49.4 Å². The molecule has 1 amide bonds. The van der Waals surface area contributed by atoms with Crippen LogP contribution in [0.2, 0.25) is 0 Å². The molecule has 0 unspecified atom stereocenters. The Balaban J connectivity index is 1.89. The van der Waals surface area contributed by atoms with Gasteiger partial charge in [0.2, 0.25) is 0 Å². The summed E-state index contributed by atoms with van der Waals surface area (Å²) in [5.74, 6) is -1.03. The van der Waals surface area contributed by atoms with Crippen molar-refractivity contribution in [3.63, 3.8) is 0 Å². The largest absolute Gasteiger partial charge is 0.322 e. The van der Waals surface area contributed by atoms with Crippen LogP contribution in [0, 0.1) is 12.7 Å². The maximum Gasteiger partial charge on any atom is 0.262 e. The SMILES string of the molecule is Cc1ccc(NC(=O)c2ccccc2)cc1S(=O)(=O)Nc1ccccc1F. The first-order chi connectivity index (χ1) is 12.9. The van der Waals surface area contributed by atoms with Gasteiger partial charge in [0.25, 0.3) is 15.9 Å². The fourth-order valence-electron chi connectivity index (χ4n) is 2.50. The van der Waals surface area contributed by atoms with Gasteiger partial charge in [-0.2, -0.15) is 0 Å². The molecule has 0 aliphatic carbocycles. The van der Waals surface area contributed by atoms with Crippen LogP contribution in [0.3, 0.4) is 0 Å². The number of amides is 1. The van der Waals surface area contributed by atoms with Crippen LogP contribution >= 0.6 is 0 Å². The molecular formula is C20H17FN2O3S. The Morgan fingerprint density at radius 1 is 0.926 bits per heavy atom. The third-order valence-corrected chi connectivity index (χ3v) is 5.40. The maximum atomic E-state index is 13.8. The van der Waals surface area contributed by atoms with Crippen LogP contribution in [0.1, 0.15) is 15.9 Å². The zero-order valence-electron chi connectivity index (χ0n) is 14.4. The van der Waals surface area contributed by atoms with Crippen molar-refractivity contribution in [2.45, 2.75) is 11.8 Å². The molecule has 0 aliphatic rings. The number of sulfonamides is 1. The molecule has 0 fully saturated rings. The van der Waals surface area contributed by atoms with Crippen molar-refractivity contribution in [1.82, 2.24) is 0 Å². The van der Waals surface area contributed by atoms with E-state index in [4.69, 9.17) is 0 Å². The number of carbonyl (C=O) groups is 1. The van der Waals surface area contributed by atoms with Crippen LogP contribution in [-0.2, 0) is 10.0 Å². The molecule has 138 valence electrons. The minimum Gasteiger partial charge on any atom is -0.322 e. The highest BCUT2D eigenvalue weighted by Gasteiger charge is 2.19. The van der Waals surface area contributed by atoms with Crippen LogP contribution in [-0.4, -0.2) is 14.3 Å². The molecule has 0 bridgehead atoms. The highest BCUT2D eigenvalue weighted by Crippen LogP contribution is 2.24. The van der Waals surface area contributed by atoms with E-state index in [-0.39, 0.29) is 16.5 Å². The number of halogens is 1. The van der Waals surface area contributed by atoms with Gasteiger partial charge in [0.1, 0.15) is 5.82 Å². The summed E-state index contributed by atoms with van der Waals surface area (Å²) in [6, 6.07) is 18.6. The molecule has 5 nitrogen and oxygen atoms in total. The van der Waals surface area contributed by atoms with E-state index in [9.17, 15) is 17.6 Å². The van der Waals surface area contributed by atoms with Gasteiger partial charge in [0.15, 0.2) is 0 Å². The molecular weight excluding hydrogens is 367 g/mol. The monoisotopic (exact) mass is 384 g/mol. The third kappa shape index (κ3) is 4.32. The molecule has 0 aromatic heterocycles. The van der Waals surface area contributed by atoms with Gasteiger partial charge in [-0.3, -0.25) is 9.52 Å². The lowest BCUT2D eigenvalue weighted by molar-refractivity contribution is 0.102. The Morgan fingerprint density at radius 3 is 2.30 bits per heavy atom. The van der Waals surface area contributed by atoms with E-state index < -0.39 is 15.8 Å². The second-order valence-corrected chi connectivity index (χ2v) is 7.54. The van der Waals surface area contributed by atoms with Gasteiger partial charge < -0.3 is 5.32 Å². The van der Waals surface area contributed by atoms with Crippen LogP contribution < -0.4 is 10.0 Å². The number of anilines is 2. The van der Waals surface area contributed by atoms with Gasteiger partial charge in [-0.05, 0) is 48.9 Å². The van der Waals surface area contributed by atoms with Crippen molar-refractivity contribution in [2.24, 2.45) is 0 Å². The first-order valence-corrected chi connectivity index (χ1v) is 9.59. The topological polar surface area (TPSA) is 75.3 Å². The second kappa shape index (κ2) is 7.59. The smallest absolute Gasteiger partial charge is 0.262 e. The molecule has 0 saturated heterocycles. The first kappa shape index (κ1) is 18.6.